The maximum absolute atomic E-state index is 12.9. The van der Waals surface area contributed by atoms with E-state index in [-0.39, 0.29) is 11.4 Å². The Labute approximate surface area is 189 Å². The van der Waals surface area contributed by atoms with Gasteiger partial charge in [-0.25, -0.2) is 13.2 Å². The minimum atomic E-state index is -3.63. The maximum Gasteiger partial charge on any atom is 0.426 e. The predicted molar refractivity (Wildman–Crippen MR) is 114 cm³/mol. The molecule has 0 unspecified atom stereocenters. The molecule has 0 saturated carbocycles. The van der Waals surface area contributed by atoms with E-state index in [1.54, 1.807) is 30.3 Å². The van der Waals surface area contributed by atoms with Crippen molar-refractivity contribution in [3.63, 3.8) is 0 Å². The summed E-state index contributed by atoms with van der Waals surface area (Å²) >= 11 is 17.8. The Hall–Kier alpha value is -1.55. The van der Waals surface area contributed by atoms with Crippen LogP contribution in [0.1, 0.15) is 12.0 Å². The molecule has 2 fully saturated rings. The van der Waals surface area contributed by atoms with Crippen molar-refractivity contribution in [3.05, 3.63) is 63.1 Å². The molecule has 4 rings (SSSR count). The molecule has 2 aromatic carbocycles. The van der Waals surface area contributed by atoms with Crippen LogP contribution in [0.5, 0.6) is 0 Å². The Balaban J connectivity index is 1.31. The van der Waals surface area contributed by atoms with Crippen molar-refractivity contribution >= 4 is 50.9 Å². The molecule has 160 valence electrons. The number of hydrogen-bond acceptors (Lipinski definition) is 5. The zero-order valence-corrected chi connectivity index (χ0v) is 18.7. The van der Waals surface area contributed by atoms with Gasteiger partial charge < -0.3 is 10.2 Å². The van der Waals surface area contributed by atoms with Crippen molar-refractivity contribution in [2.45, 2.75) is 23.4 Å². The van der Waals surface area contributed by atoms with E-state index in [1.165, 1.54) is 21.5 Å². The van der Waals surface area contributed by atoms with Gasteiger partial charge in [0, 0.05) is 28.2 Å². The van der Waals surface area contributed by atoms with E-state index in [4.69, 9.17) is 39.6 Å². The molecule has 1 amide bonds. The molecule has 0 radical (unpaired) electrons. The lowest BCUT2D eigenvalue weighted by Gasteiger charge is -2.59. The highest BCUT2D eigenvalue weighted by molar-refractivity contribution is 7.89. The van der Waals surface area contributed by atoms with Crippen molar-refractivity contribution in [1.29, 1.82) is 0 Å². The second-order valence-electron chi connectivity index (χ2n) is 7.27. The Morgan fingerprint density at radius 2 is 1.73 bits per heavy atom. The van der Waals surface area contributed by atoms with Crippen LogP contribution in [0.2, 0.25) is 15.1 Å². The molecule has 2 aliphatic heterocycles. The van der Waals surface area contributed by atoms with Crippen LogP contribution in [0.4, 0.5) is 4.79 Å². The highest BCUT2D eigenvalue weighted by Gasteiger charge is 2.59. The first-order chi connectivity index (χ1) is 14.2. The van der Waals surface area contributed by atoms with Crippen LogP contribution in [-0.4, -0.2) is 49.1 Å². The molecule has 11 heteroatoms. The van der Waals surface area contributed by atoms with Crippen molar-refractivity contribution in [2.24, 2.45) is 0 Å². The number of nitrogens with zero attached hydrogens (tertiary/aromatic N) is 2. The summed E-state index contributed by atoms with van der Waals surface area (Å²) < 4.78 is 27.3. The summed E-state index contributed by atoms with van der Waals surface area (Å²) in [6.07, 6.45) is 0.0732. The van der Waals surface area contributed by atoms with Gasteiger partial charge in [-0.3, -0.25) is 0 Å². The molecule has 0 bridgehead atoms. The maximum atomic E-state index is 12.9. The number of carbonyl (C=O) groups excluding carboxylic acids is 1. The summed E-state index contributed by atoms with van der Waals surface area (Å²) in [5, 5.41) is 5.50. The third kappa shape index (κ3) is 4.12. The molecule has 2 aliphatic rings. The number of rotatable bonds is 5. The first-order valence-corrected chi connectivity index (χ1v) is 11.7. The highest BCUT2D eigenvalue weighted by atomic mass is 35.5. The fourth-order valence-electron chi connectivity index (χ4n) is 3.60. The first-order valence-electron chi connectivity index (χ1n) is 9.13. The lowest BCUT2D eigenvalue weighted by atomic mass is 9.82. The van der Waals surface area contributed by atoms with Crippen molar-refractivity contribution in [1.82, 2.24) is 14.7 Å². The van der Waals surface area contributed by atoms with Crippen LogP contribution >= 0.6 is 34.8 Å². The van der Waals surface area contributed by atoms with Gasteiger partial charge in [-0.2, -0.15) is 4.31 Å². The lowest BCUT2D eigenvalue weighted by molar-refractivity contribution is -0.224. The molecule has 7 nitrogen and oxygen atoms in total. The predicted octanol–water partition coefficient (Wildman–Crippen LogP) is 3.94. The average molecular weight is 491 g/mol. The number of sulfonamides is 1. The van der Waals surface area contributed by atoms with Crippen molar-refractivity contribution in [2.75, 3.05) is 19.6 Å². The number of benzene rings is 2. The minimum absolute atomic E-state index is 0.185. The van der Waals surface area contributed by atoms with Crippen LogP contribution in [0.15, 0.2) is 47.4 Å². The topological polar surface area (TPSA) is 79.0 Å². The Morgan fingerprint density at radius 3 is 2.33 bits per heavy atom. The molecular weight excluding hydrogens is 473 g/mol. The van der Waals surface area contributed by atoms with E-state index >= 15 is 0 Å². The van der Waals surface area contributed by atoms with Gasteiger partial charge in [-0.1, -0.05) is 40.9 Å². The molecule has 30 heavy (non-hydrogen) atoms. The second kappa shape index (κ2) is 8.18. The van der Waals surface area contributed by atoms with Crippen molar-refractivity contribution < 1.29 is 18.0 Å². The Kier molecular flexibility index (Phi) is 5.91. The molecule has 2 saturated heterocycles. The first kappa shape index (κ1) is 21.7. The van der Waals surface area contributed by atoms with Gasteiger partial charge >= 0.3 is 6.09 Å². The van der Waals surface area contributed by atoms with Gasteiger partial charge in [0.1, 0.15) is 0 Å². The molecule has 0 atom stereocenters. The third-order valence-corrected chi connectivity index (χ3v) is 8.16. The largest absolute Gasteiger partial charge is 0.426 e. The van der Waals surface area contributed by atoms with E-state index in [1.807, 2.05) is 0 Å². The van der Waals surface area contributed by atoms with Crippen LogP contribution in [-0.2, 0) is 21.4 Å². The van der Waals surface area contributed by atoms with Gasteiger partial charge in [-0.15, -0.1) is 5.06 Å². The summed E-state index contributed by atoms with van der Waals surface area (Å²) in [4.78, 5) is 17.5. The van der Waals surface area contributed by atoms with E-state index in [2.05, 4.69) is 5.32 Å². The summed E-state index contributed by atoms with van der Waals surface area (Å²) in [6.45, 7) is 1.24. The normalized spacial score (nSPS) is 18.5. The number of hydrogen-bond donors (Lipinski definition) is 1. The fourth-order valence-corrected chi connectivity index (χ4v) is 5.98. The standard InChI is InChI=1S/C19H18Cl3N3O4S/c20-14-3-5-16(6-4-14)30(27,28)25-8-7-19(25)11-24(12-19)29-18(26)23-10-13-1-2-15(21)9-17(13)22/h1-6,9H,7-8,10-12H2,(H,23,26). The molecule has 1 spiro atoms. The number of hydroxylamine groups is 2. The number of amides is 1. The number of nitrogens with one attached hydrogen (secondary N) is 1. The molecular formula is C19H18Cl3N3O4S. The average Bonchev–Trinajstić information content (AvgIpc) is 2.62. The number of halogens is 3. The lowest BCUT2D eigenvalue weighted by Crippen LogP contribution is -2.77. The quantitative estimate of drug-likeness (QED) is 0.687. The minimum Gasteiger partial charge on any atom is -0.351 e. The number of carbonyl (C=O) groups is 1. The van der Waals surface area contributed by atoms with Gasteiger partial charge in [0.15, 0.2) is 0 Å². The SMILES string of the molecule is O=C(NCc1ccc(Cl)cc1Cl)ON1CC2(CCN2S(=O)(=O)c2ccc(Cl)cc2)C1. The van der Waals surface area contributed by atoms with Gasteiger partial charge in [0.05, 0.1) is 23.5 Å². The van der Waals surface area contributed by atoms with Gasteiger partial charge in [-0.05, 0) is 48.4 Å². The smallest absolute Gasteiger partial charge is 0.351 e. The Morgan fingerprint density at radius 1 is 1.07 bits per heavy atom. The van der Waals surface area contributed by atoms with E-state index < -0.39 is 21.7 Å². The van der Waals surface area contributed by atoms with E-state index in [9.17, 15) is 13.2 Å². The molecule has 2 heterocycles. The van der Waals surface area contributed by atoms with Gasteiger partial charge in [0.25, 0.3) is 0 Å². The summed E-state index contributed by atoms with van der Waals surface area (Å²) in [6, 6.07) is 11.1. The van der Waals surface area contributed by atoms with E-state index in [0.717, 1.165) is 0 Å². The monoisotopic (exact) mass is 489 g/mol. The van der Waals surface area contributed by atoms with Crippen LogP contribution in [0.25, 0.3) is 0 Å². The summed E-state index contributed by atoms with van der Waals surface area (Å²) in [5.74, 6) is 0. The molecule has 0 aromatic heterocycles. The molecule has 0 aliphatic carbocycles. The van der Waals surface area contributed by atoms with Crippen LogP contribution in [0.3, 0.4) is 0 Å². The molecule has 2 aromatic rings. The fraction of sp³-hybridized carbons (Fsp3) is 0.316. The zero-order chi connectivity index (χ0) is 21.5. The molecule has 1 N–H and O–H groups in total. The second-order valence-corrected chi connectivity index (χ2v) is 10.4. The Bertz CT molecular complexity index is 1070. The third-order valence-electron chi connectivity index (χ3n) is 5.30. The summed E-state index contributed by atoms with van der Waals surface area (Å²) in [7, 11) is -3.63. The van der Waals surface area contributed by atoms with Crippen LogP contribution < -0.4 is 5.32 Å². The van der Waals surface area contributed by atoms with Crippen LogP contribution in [0, 0.1) is 0 Å². The van der Waals surface area contributed by atoms with Gasteiger partial charge in [0.2, 0.25) is 10.0 Å². The van der Waals surface area contributed by atoms with E-state index in [0.29, 0.717) is 46.7 Å². The van der Waals surface area contributed by atoms with Crippen molar-refractivity contribution in [3.8, 4) is 0 Å². The zero-order valence-electron chi connectivity index (χ0n) is 15.6. The summed E-state index contributed by atoms with van der Waals surface area (Å²) in [5.41, 5.74) is 0.162. The highest BCUT2D eigenvalue weighted by Crippen LogP contribution is 2.43.